The number of rotatable bonds is 4. The fourth-order valence-electron chi connectivity index (χ4n) is 3.57. The van der Waals surface area contributed by atoms with Crippen LogP contribution in [0.2, 0.25) is 0 Å². The Morgan fingerprint density at radius 1 is 1.23 bits per heavy atom. The smallest absolute Gasteiger partial charge is 0.119 e. The molecule has 0 aromatic heterocycles. The normalized spacial score (nSPS) is 26.5. The van der Waals surface area contributed by atoms with Gasteiger partial charge in [0.05, 0.1) is 5.71 Å². The van der Waals surface area contributed by atoms with Crippen molar-refractivity contribution >= 4 is 5.71 Å². The molecule has 2 atom stereocenters. The summed E-state index contributed by atoms with van der Waals surface area (Å²) < 4.78 is 0. The third-order valence-corrected chi connectivity index (χ3v) is 4.85. The van der Waals surface area contributed by atoms with Crippen LogP contribution in [0.25, 0.3) is 0 Å². The molecule has 22 heavy (non-hydrogen) atoms. The van der Waals surface area contributed by atoms with Crippen LogP contribution in [0.5, 0.6) is 0 Å². The van der Waals surface area contributed by atoms with Crippen LogP contribution in [-0.2, 0) is 17.7 Å². The first-order chi connectivity index (χ1) is 10.6. The Morgan fingerprint density at radius 2 is 2.09 bits per heavy atom. The van der Waals surface area contributed by atoms with Gasteiger partial charge in [0.1, 0.15) is 6.61 Å². The molecular weight excluding hydrogens is 272 g/mol. The molecular formula is C19H28N2O. The Hall–Kier alpha value is -1.35. The third kappa shape index (κ3) is 3.70. The van der Waals surface area contributed by atoms with E-state index in [0.717, 1.165) is 25.7 Å². The largest absolute Gasteiger partial charge is 0.396 e. The number of fused-ring (bicyclic) bond motifs is 1. The van der Waals surface area contributed by atoms with Gasteiger partial charge >= 0.3 is 0 Å². The Bertz CT molecular complexity index is 550. The minimum Gasteiger partial charge on any atom is -0.396 e. The van der Waals surface area contributed by atoms with Crippen LogP contribution >= 0.6 is 0 Å². The molecule has 1 fully saturated rings. The van der Waals surface area contributed by atoms with Crippen LogP contribution in [-0.4, -0.2) is 18.4 Å². The maximum absolute atomic E-state index is 6.06. The van der Waals surface area contributed by atoms with E-state index in [1.807, 2.05) is 0 Å². The summed E-state index contributed by atoms with van der Waals surface area (Å²) in [4.78, 5) is 5.44. The van der Waals surface area contributed by atoms with Crippen LogP contribution in [0, 0.1) is 5.92 Å². The first-order valence-corrected chi connectivity index (χ1v) is 8.67. The van der Waals surface area contributed by atoms with E-state index in [9.17, 15) is 0 Å². The number of aryl methyl sites for hydroxylation is 1. The monoisotopic (exact) mass is 300 g/mol. The first kappa shape index (κ1) is 15.5. The van der Waals surface area contributed by atoms with Crippen molar-refractivity contribution < 1.29 is 4.84 Å². The summed E-state index contributed by atoms with van der Waals surface area (Å²) in [6.07, 6.45) is 6.62. The number of benzene rings is 1. The lowest BCUT2D eigenvalue weighted by atomic mass is 9.86. The van der Waals surface area contributed by atoms with E-state index in [1.165, 1.54) is 35.2 Å². The zero-order valence-corrected chi connectivity index (χ0v) is 13.8. The van der Waals surface area contributed by atoms with Crippen LogP contribution in [0.3, 0.4) is 0 Å². The van der Waals surface area contributed by atoms with E-state index in [1.54, 1.807) is 0 Å². The van der Waals surface area contributed by atoms with Gasteiger partial charge in [0.25, 0.3) is 0 Å². The highest BCUT2D eigenvalue weighted by atomic mass is 16.6. The zero-order chi connectivity index (χ0) is 15.5. The minimum absolute atomic E-state index is 0.401. The molecule has 2 N–H and O–H groups in total. The quantitative estimate of drug-likeness (QED) is 0.860. The van der Waals surface area contributed by atoms with Gasteiger partial charge in [-0.3, -0.25) is 0 Å². The molecule has 120 valence electrons. The molecule has 2 aliphatic rings. The molecule has 0 heterocycles. The SMILES string of the molecule is CC(C)CO/N=C1/CCc2cc(C3CCC(N)C3)ccc2C1. The highest BCUT2D eigenvalue weighted by Crippen LogP contribution is 2.35. The lowest BCUT2D eigenvalue weighted by Gasteiger charge is -2.20. The summed E-state index contributed by atoms with van der Waals surface area (Å²) in [6.45, 7) is 5.00. The lowest BCUT2D eigenvalue weighted by molar-refractivity contribution is 0.117. The van der Waals surface area contributed by atoms with E-state index in [4.69, 9.17) is 10.6 Å². The van der Waals surface area contributed by atoms with Crippen molar-refractivity contribution in [2.24, 2.45) is 16.8 Å². The molecule has 0 amide bonds. The molecule has 1 aromatic rings. The summed E-state index contributed by atoms with van der Waals surface area (Å²) in [7, 11) is 0. The van der Waals surface area contributed by atoms with E-state index in [2.05, 4.69) is 37.2 Å². The van der Waals surface area contributed by atoms with E-state index in [-0.39, 0.29) is 0 Å². The van der Waals surface area contributed by atoms with Crippen LogP contribution in [0.4, 0.5) is 0 Å². The van der Waals surface area contributed by atoms with Gasteiger partial charge in [0, 0.05) is 12.5 Å². The van der Waals surface area contributed by atoms with Gasteiger partial charge in [-0.2, -0.15) is 0 Å². The van der Waals surface area contributed by atoms with Crippen molar-refractivity contribution in [2.75, 3.05) is 6.61 Å². The zero-order valence-electron chi connectivity index (χ0n) is 13.8. The highest BCUT2D eigenvalue weighted by molar-refractivity contribution is 5.88. The average molecular weight is 300 g/mol. The number of nitrogens with zero attached hydrogens (tertiary/aromatic N) is 1. The molecule has 3 nitrogen and oxygen atoms in total. The maximum Gasteiger partial charge on any atom is 0.119 e. The van der Waals surface area contributed by atoms with Crippen LogP contribution in [0.15, 0.2) is 23.4 Å². The van der Waals surface area contributed by atoms with Crippen LogP contribution < -0.4 is 5.73 Å². The second-order valence-electron chi connectivity index (χ2n) is 7.32. The van der Waals surface area contributed by atoms with Gasteiger partial charge in [-0.05, 0) is 60.6 Å². The summed E-state index contributed by atoms with van der Waals surface area (Å²) >= 11 is 0. The topological polar surface area (TPSA) is 47.6 Å². The van der Waals surface area contributed by atoms with E-state index in [0.29, 0.717) is 24.5 Å². The molecule has 0 saturated heterocycles. The molecule has 0 bridgehead atoms. The van der Waals surface area contributed by atoms with Crippen molar-refractivity contribution in [3.05, 3.63) is 34.9 Å². The van der Waals surface area contributed by atoms with Gasteiger partial charge in [0.2, 0.25) is 0 Å². The second-order valence-corrected chi connectivity index (χ2v) is 7.32. The molecule has 0 radical (unpaired) electrons. The summed E-state index contributed by atoms with van der Waals surface area (Å²) in [5.74, 6) is 1.20. The number of nitrogens with two attached hydrogens (primary N) is 1. The Morgan fingerprint density at radius 3 is 2.82 bits per heavy atom. The standard InChI is InChI=1S/C19H28N2O/c1-13(2)12-22-21-19-8-6-15-9-14(3-4-17(15)11-19)16-5-7-18(20)10-16/h3-4,9,13,16,18H,5-8,10-12,20H2,1-2H3/b21-19-. The number of oxime groups is 1. The average Bonchev–Trinajstić information content (AvgIpc) is 2.93. The van der Waals surface area contributed by atoms with Gasteiger partial charge in [-0.15, -0.1) is 0 Å². The van der Waals surface area contributed by atoms with Crippen molar-refractivity contribution in [3.63, 3.8) is 0 Å². The number of hydrogen-bond acceptors (Lipinski definition) is 3. The Kier molecular flexibility index (Phi) is 4.82. The fraction of sp³-hybridized carbons (Fsp3) is 0.632. The number of hydrogen-bond donors (Lipinski definition) is 1. The summed E-state index contributed by atoms with van der Waals surface area (Å²) in [5.41, 5.74) is 11.7. The van der Waals surface area contributed by atoms with Crippen molar-refractivity contribution in [1.29, 1.82) is 0 Å². The van der Waals surface area contributed by atoms with Crippen LogP contribution in [0.1, 0.15) is 62.1 Å². The second kappa shape index (κ2) is 6.82. The molecule has 0 spiro atoms. The summed E-state index contributed by atoms with van der Waals surface area (Å²) in [6, 6.07) is 7.42. The minimum atomic E-state index is 0.401. The van der Waals surface area contributed by atoms with Gasteiger partial charge in [-0.25, -0.2) is 0 Å². The van der Waals surface area contributed by atoms with E-state index >= 15 is 0 Å². The molecule has 3 rings (SSSR count). The van der Waals surface area contributed by atoms with Gasteiger partial charge in [-0.1, -0.05) is 37.2 Å². The highest BCUT2D eigenvalue weighted by Gasteiger charge is 2.24. The Balaban J connectivity index is 1.66. The fourth-order valence-corrected chi connectivity index (χ4v) is 3.57. The molecule has 2 aliphatic carbocycles. The lowest BCUT2D eigenvalue weighted by Crippen LogP contribution is -2.16. The molecule has 3 heteroatoms. The predicted molar refractivity (Wildman–Crippen MR) is 91.3 cm³/mol. The van der Waals surface area contributed by atoms with E-state index < -0.39 is 0 Å². The molecule has 1 aromatic carbocycles. The van der Waals surface area contributed by atoms with Gasteiger partial charge in [0.15, 0.2) is 0 Å². The van der Waals surface area contributed by atoms with Crippen molar-refractivity contribution in [3.8, 4) is 0 Å². The van der Waals surface area contributed by atoms with Crippen molar-refractivity contribution in [2.45, 2.75) is 64.3 Å². The molecule has 1 saturated carbocycles. The Labute approximate surface area is 133 Å². The molecule has 2 unspecified atom stereocenters. The third-order valence-electron chi connectivity index (χ3n) is 4.85. The van der Waals surface area contributed by atoms with Gasteiger partial charge < -0.3 is 10.6 Å². The maximum atomic E-state index is 6.06. The summed E-state index contributed by atoms with van der Waals surface area (Å²) in [5, 5.41) is 4.33. The predicted octanol–water partition coefficient (Wildman–Crippen LogP) is 3.80. The first-order valence-electron chi connectivity index (χ1n) is 8.67. The van der Waals surface area contributed by atoms with Crippen molar-refractivity contribution in [1.82, 2.24) is 0 Å². The molecule has 0 aliphatic heterocycles.